The molecule has 1 unspecified atom stereocenters. The molecule has 0 bridgehead atoms. The Kier molecular flexibility index (Phi) is 1.69. The molecule has 2 saturated carbocycles. The molecular weight excluding hydrogens is 122 g/mol. The maximum atomic E-state index is 3.68. The molecule has 0 amide bonds. The quantitative estimate of drug-likeness (QED) is 0.630. The van der Waals surface area contributed by atoms with Crippen LogP contribution in [0.3, 0.4) is 0 Å². The van der Waals surface area contributed by atoms with Gasteiger partial charge in [0.25, 0.3) is 0 Å². The van der Waals surface area contributed by atoms with Crippen molar-refractivity contribution in [3.63, 3.8) is 0 Å². The highest BCUT2D eigenvalue weighted by atomic mass is 15.0. The molecule has 0 spiro atoms. The molecule has 2 rings (SSSR count). The summed E-state index contributed by atoms with van der Waals surface area (Å²) in [5.74, 6) is 1.03. The molecular formula is C9H17N. The van der Waals surface area contributed by atoms with Crippen LogP contribution in [-0.4, -0.2) is 12.1 Å². The first-order chi connectivity index (χ1) is 4.86. The number of nitrogens with one attached hydrogen (secondary N) is 1. The monoisotopic (exact) mass is 139 g/mol. The average molecular weight is 139 g/mol. The van der Waals surface area contributed by atoms with Crippen molar-refractivity contribution in [3.05, 3.63) is 0 Å². The summed E-state index contributed by atoms with van der Waals surface area (Å²) < 4.78 is 0. The summed E-state index contributed by atoms with van der Waals surface area (Å²) in [7, 11) is 0. The van der Waals surface area contributed by atoms with Gasteiger partial charge >= 0.3 is 0 Å². The van der Waals surface area contributed by atoms with E-state index in [1.807, 2.05) is 0 Å². The highest BCUT2D eigenvalue weighted by molar-refractivity contribution is 4.87. The van der Waals surface area contributed by atoms with Crippen LogP contribution in [0.4, 0.5) is 0 Å². The van der Waals surface area contributed by atoms with Crippen molar-refractivity contribution in [1.29, 1.82) is 0 Å². The lowest BCUT2D eigenvalue weighted by molar-refractivity contribution is 0.298. The van der Waals surface area contributed by atoms with Crippen LogP contribution in [0, 0.1) is 5.92 Å². The van der Waals surface area contributed by atoms with Crippen molar-refractivity contribution < 1.29 is 0 Å². The molecule has 0 aromatic heterocycles. The molecule has 0 heterocycles. The van der Waals surface area contributed by atoms with E-state index >= 15 is 0 Å². The summed E-state index contributed by atoms with van der Waals surface area (Å²) in [6, 6.07) is 1.70. The third-order valence-electron chi connectivity index (χ3n) is 2.93. The molecule has 1 heteroatoms. The lowest BCUT2D eigenvalue weighted by Gasteiger charge is -2.30. The lowest BCUT2D eigenvalue weighted by Crippen LogP contribution is -2.41. The van der Waals surface area contributed by atoms with Crippen LogP contribution in [-0.2, 0) is 0 Å². The van der Waals surface area contributed by atoms with Crippen molar-refractivity contribution in [2.24, 2.45) is 5.92 Å². The van der Waals surface area contributed by atoms with Gasteiger partial charge in [0.2, 0.25) is 0 Å². The van der Waals surface area contributed by atoms with Crippen LogP contribution in [0.25, 0.3) is 0 Å². The van der Waals surface area contributed by atoms with Gasteiger partial charge in [-0.15, -0.1) is 0 Å². The van der Waals surface area contributed by atoms with E-state index in [-0.39, 0.29) is 0 Å². The Hall–Kier alpha value is -0.0400. The normalized spacial score (nSPS) is 29.7. The van der Waals surface area contributed by atoms with Crippen LogP contribution < -0.4 is 5.32 Å². The second-order valence-electron chi connectivity index (χ2n) is 3.92. The minimum atomic E-state index is 0.810. The highest BCUT2D eigenvalue weighted by Gasteiger charge is 2.30. The highest BCUT2D eigenvalue weighted by Crippen LogP contribution is 2.33. The van der Waals surface area contributed by atoms with Gasteiger partial charge in [0.15, 0.2) is 0 Å². The molecule has 0 aromatic rings. The maximum absolute atomic E-state index is 3.68. The van der Waals surface area contributed by atoms with Crippen molar-refractivity contribution in [2.75, 3.05) is 0 Å². The van der Waals surface area contributed by atoms with Crippen LogP contribution in [0.15, 0.2) is 0 Å². The Morgan fingerprint density at radius 2 is 1.90 bits per heavy atom. The van der Waals surface area contributed by atoms with Crippen molar-refractivity contribution in [1.82, 2.24) is 5.32 Å². The fraction of sp³-hybridized carbons (Fsp3) is 1.00. The molecule has 1 N–H and O–H groups in total. The zero-order valence-corrected chi connectivity index (χ0v) is 6.77. The summed E-state index contributed by atoms with van der Waals surface area (Å²) in [6.45, 7) is 2.34. The van der Waals surface area contributed by atoms with Crippen LogP contribution in [0.1, 0.15) is 39.0 Å². The summed E-state index contributed by atoms with van der Waals surface area (Å²) in [4.78, 5) is 0. The molecule has 0 radical (unpaired) electrons. The summed E-state index contributed by atoms with van der Waals surface area (Å²) in [5.41, 5.74) is 0. The molecule has 2 aliphatic rings. The van der Waals surface area contributed by atoms with E-state index < -0.39 is 0 Å². The maximum Gasteiger partial charge on any atom is 0.00696 e. The Morgan fingerprint density at radius 3 is 2.30 bits per heavy atom. The average Bonchev–Trinajstić information content (AvgIpc) is 2.58. The van der Waals surface area contributed by atoms with E-state index in [4.69, 9.17) is 0 Å². The SMILES string of the molecule is CC(NC1CCC1)C1CC1. The Bertz CT molecular complexity index is 114. The minimum Gasteiger partial charge on any atom is -0.311 e. The fourth-order valence-electron chi connectivity index (χ4n) is 1.68. The first-order valence-electron chi connectivity index (χ1n) is 4.62. The van der Waals surface area contributed by atoms with E-state index in [2.05, 4.69) is 12.2 Å². The fourth-order valence-corrected chi connectivity index (χ4v) is 1.68. The van der Waals surface area contributed by atoms with Gasteiger partial charge < -0.3 is 5.32 Å². The van der Waals surface area contributed by atoms with Gasteiger partial charge in [-0.2, -0.15) is 0 Å². The first-order valence-corrected chi connectivity index (χ1v) is 4.62. The smallest absolute Gasteiger partial charge is 0.00696 e. The third-order valence-corrected chi connectivity index (χ3v) is 2.93. The first kappa shape index (κ1) is 6.66. The molecule has 2 aliphatic carbocycles. The van der Waals surface area contributed by atoms with Gasteiger partial charge in [-0.05, 0) is 38.5 Å². The predicted octanol–water partition coefficient (Wildman–Crippen LogP) is 1.93. The van der Waals surface area contributed by atoms with Gasteiger partial charge in [0.1, 0.15) is 0 Å². The molecule has 1 atom stereocenters. The second-order valence-corrected chi connectivity index (χ2v) is 3.92. The summed E-state index contributed by atoms with van der Waals surface area (Å²) in [6.07, 6.45) is 7.25. The molecule has 58 valence electrons. The van der Waals surface area contributed by atoms with E-state index in [0.717, 1.165) is 18.0 Å². The molecule has 2 fully saturated rings. The lowest BCUT2D eigenvalue weighted by atomic mass is 9.92. The van der Waals surface area contributed by atoms with Gasteiger partial charge in [-0.25, -0.2) is 0 Å². The number of hydrogen-bond acceptors (Lipinski definition) is 1. The van der Waals surface area contributed by atoms with Gasteiger partial charge in [0.05, 0.1) is 0 Å². The van der Waals surface area contributed by atoms with E-state index in [0.29, 0.717) is 0 Å². The molecule has 0 aliphatic heterocycles. The van der Waals surface area contributed by atoms with E-state index in [1.54, 1.807) is 0 Å². The van der Waals surface area contributed by atoms with Crippen LogP contribution >= 0.6 is 0 Å². The van der Waals surface area contributed by atoms with Gasteiger partial charge in [-0.3, -0.25) is 0 Å². The molecule has 1 nitrogen and oxygen atoms in total. The third kappa shape index (κ3) is 1.34. The van der Waals surface area contributed by atoms with Crippen molar-refractivity contribution in [3.8, 4) is 0 Å². The van der Waals surface area contributed by atoms with Gasteiger partial charge in [-0.1, -0.05) is 6.42 Å². The Balaban J connectivity index is 1.67. The van der Waals surface area contributed by atoms with Crippen LogP contribution in [0.5, 0.6) is 0 Å². The molecule has 0 aromatic carbocycles. The minimum absolute atomic E-state index is 0.810. The van der Waals surface area contributed by atoms with E-state index in [1.165, 1.54) is 32.1 Å². The van der Waals surface area contributed by atoms with E-state index in [9.17, 15) is 0 Å². The standard InChI is InChI=1S/C9H17N/c1-7(8-5-6-8)10-9-3-2-4-9/h7-10H,2-6H2,1H3. The number of hydrogen-bond donors (Lipinski definition) is 1. The number of rotatable bonds is 3. The Morgan fingerprint density at radius 1 is 1.20 bits per heavy atom. The van der Waals surface area contributed by atoms with Crippen molar-refractivity contribution in [2.45, 2.75) is 51.1 Å². The topological polar surface area (TPSA) is 12.0 Å². The summed E-state index contributed by atoms with van der Waals surface area (Å²) >= 11 is 0. The zero-order valence-electron chi connectivity index (χ0n) is 6.77. The predicted molar refractivity (Wildman–Crippen MR) is 43.0 cm³/mol. The molecule has 10 heavy (non-hydrogen) atoms. The Labute approximate surface area is 63.2 Å². The van der Waals surface area contributed by atoms with Crippen LogP contribution in [0.2, 0.25) is 0 Å². The van der Waals surface area contributed by atoms with Crippen molar-refractivity contribution >= 4 is 0 Å². The second kappa shape index (κ2) is 2.54. The summed E-state index contributed by atoms with van der Waals surface area (Å²) in [5, 5.41) is 3.68. The largest absolute Gasteiger partial charge is 0.311 e. The zero-order chi connectivity index (χ0) is 6.97. The van der Waals surface area contributed by atoms with Gasteiger partial charge in [0, 0.05) is 12.1 Å². The molecule has 0 saturated heterocycles.